The van der Waals surface area contributed by atoms with Gasteiger partial charge in [0, 0.05) is 6.42 Å². The molecule has 0 fully saturated rings. The van der Waals surface area contributed by atoms with Crippen molar-refractivity contribution in [2.75, 3.05) is 5.32 Å². The first-order chi connectivity index (χ1) is 10.7. The van der Waals surface area contributed by atoms with Gasteiger partial charge in [0.2, 0.25) is 5.91 Å². The minimum absolute atomic E-state index is 0.0508. The lowest BCUT2D eigenvalue weighted by molar-refractivity contribution is -0.192. The van der Waals surface area contributed by atoms with Crippen molar-refractivity contribution in [1.82, 2.24) is 4.37 Å². The van der Waals surface area contributed by atoms with E-state index in [1.54, 1.807) is 11.3 Å². The number of halogens is 3. The molecule has 0 unspecified atom stereocenters. The first-order valence-corrected chi connectivity index (χ1v) is 7.94. The molecule has 0 saturated heterocycles. The number of hydrogen-bond donors (Lipinski definition) is 2. The van der Waals surface area contributed by atoms with Crippen molar-refractivity contribution in [1.29, 1.82) is 0 Å². The van der Waals surface area contributed by atoms with Crippen LogP contribution in [-0.4, -0.2) is 27.5 Å². The largest absolute Gasteiger partial charge is 0.490 e. The average molecular weight is 366 g/mol. The van der Waals surface area contributed by atoms with E-state index in [1.807, 2.05) is 18.4 Å². The van der Waals surface area contributed by atoms with Crippen molar-refractivity contribution < 1.29 is 27.9 Å². The molecule has 126 valence electrons. The average Bonchev–Trinajstić information content (AvgIpc) is 3.08. The fourth-order valence-corrected chi connectivity index (χ4v) is 2.70. The Kier molecular flexibility index (Phi) is 7.17. The molecule has 10 heteroatoms. The second-order valence-electron chi connectivity index (χ2n) is 4.32. The number of thiophene rings is 1. The summed E-state index contributed by atoms with van der Waals surface area (Å²) in [5.74, 6) is -2.71. The van der Waals surface area contributed by atoms with Gasteiger partial charge in [0.25, 0.3) is 0 Å². The lowest BCUT2D eigenvalue weighted by Crippen LogP contribution is -2.21. The van der Waals surface area contributed by atoms with Gasteiger partial charge in [-0.3, -0.25) is 4.79 Å². The molecule has 0 saturated carbocycles. The molecule has 5 nitrogen and oxygen atoms in total. The Morgan fingerprint density at radius 2 is 2.04 bits per heavy atom. The van der Waals surface area contributed by atoms with Crippen molar-refractivity contribution in [3.63, 3.8) is 0 Å². The van der Waals surface area contributed by atoms with Crippen LogP contribution in [0, 0.1) is 6.92 Å². The zero-order valence-electron chi connectivity index (χ0n) is 11.9. The van der Waals surface area contributed by atoms with Crippen molar-refractivity contribution in [2.45, 2.75) is 25.9 Å². The van der Waals surface area contributed by atoms with Crippen LogP contribution in [0.1, 0.15) is 17.7 Å². The molecule has 0 radical (unpaired) electrons. The third kappa shape index (κ3) is 7.75. The summed E-state index contributed by atoms with van der Waals surface area (Å²) in [6.45, 7) is 1.91. The molecule has 2 rings (SSSR count). The molecule has 2 aromatic rings. The van der Waals surface area contributed by atoms with Crippen LogP contribution in [0.2, 0.25) is 0 Å². The Bertz CT molecular complexity index is 639. The number of aryl methyl sites for hydroxylation is 2. The van der Waals surface area contributed by atoms with Crippen LogP contribution in [0.25, 0.3) is 0 Å². The SMILES string of the molecule is Cc1cc(NC(=O)CCc2ccsc2)sn1.O=C(O)C(F)(F)F. The Balaban J connectivity index is 0.000000322. The number of anilines is 1. The summed E-state index contributed by atoms with van der Waals surface area (Å²) in [5.41, 5.74) is 2.17. The number of nitrogens with one attached hydrogen (secondary N) is 1. The predicted octanol–water partition coefficient (Wildman–Crippen LogP) is 3.72. The van der Waals surface area contributed by atoms with Crippen molar-refractivity contribution >= 4 is 39.7 Å². The number of carboxylic acid groups (broad SMARTS) is 1. The van der Waals surface area contributed by atoms with Crippen LogP contribution in [0.15, 0.2) is 22.9 Å². The highest BCUT2D eigenvalue weighted by Gasteiger charge is 2.38. The van der Waals surface area contributed by atoms with Crippen LogP contribution >= 0.6 is 22.9 Å². The number of rotatable bonds is 4. The molecule has 0 aromatic carbocycles. The third-order valence-electron chi connectivity index (χ3n) is 2.35. The molecular weight excluding hydrogens is 353 g/mol. The number of alkyl halides is 3. The van der Waals surface area contributed by atoms with E-state index in [-0.39, 0.29) is 5.91 Å². The Labute approximate surface area is 137 Å². The summed E-state index contributed by atoms with van der Waals surface area (Å²) < 4.78 is 35.8. The van der Waals surface area contributed by atoms with Crippen LogP contribution in [0.3, 0.4) is 0 Å². The molecule has 0 atom stereocenters. The second-order valence-corrected chi connectivity index (χ2v) is 5.90. The normalized spacial score (nSPS) is 10.6. The minimum Gasteiger partial charge on any atom is -0.475 e. The van der Waals surface area contributed by atoms with Gasteiger partial charge in [-0.05, 0) is 53.3 Å². The quantitative estimate of drug-likeness (QED) is 0.864. The number of aliphatic carboxylic acids is 1. The summed E-state index contributed by atoms with van der Waals surface area (Å²) in [6.07, 6.45) is -3.76. The van der Waals surface area contributed by atoms with Crippen LogP contribution in [0.5, 0.6) is 0 Å². The number of carboxylic acids is 1. The molecule has 0 aliphatic rings. The molecule has 2 heterocycles. The lowest BCUT2D eigenvalue weighted by Gasteiger charge is -2.00. The molecule has 0 bridgehead atoms. The standard InChI is InChI=1S/C11H12N2OS2.C2HF3O2/c1-8-6-11(16-13-8)12-10(14)3-2-9-4-5-15-7-9;3-2(4,5)1(6)7/h4-7H,2-3H2,1H3,(H,12,14);(H,6,7). The van der Waals surface area contributed by atoms with E-state index < -0.39 is 12.1 Å². The van der Waals surface area contributed by atoms with Crippen molar-refractivity contribution in [2.24, 2.45) is 0 Å². The smallest absolute Gasteiger partial charge is 0.475 e. The molecule has 0 spiro atoms. The maximum Gasteiger partial charge on any atom is 0.490 e. The second kappa shape index (κ2) is 8.63. The van der Waals surface area contributed by atoms with Gasteiger partial charge < -0.3 is 10.4 Å². The highest BCUT2D eigenvalue weighted by Crippen LogP contribution is 2.16. The predicted molar refractivity (Wildman–Crippen MR) is 81.8 cm³/mol. The van der Waals surface area contributed by atoms with Gasteiger partial charge in [-0.2, -0.15) is 28.9 Å². The van der Waals surface area contributed by atoms with E-state index in [2.05, 4.69) is 21.1 Å². The van der Waals surface area contributed by atoms with E-state index >= 15 is 0 Å². The van der Waals surface area contributed by atoms with Crippen LogP contribution < -0.4 is 5.32 Å². The number of aromatic nitrogens is 1. The Morgan fingerprint density at radius 3 is 2.48 bits per heavy atom. The van der Waals surface area contributed by atoms with Crippen LogP contribution in [0.4, 0.5) is 18.2 Å². The highest BCUT2D eigenvalue weighted by molar-refractivity contribution is 7.10. The Hall–Kier alpha value is -1.94. The number of hydrogen-bond acceptors (Lipinski definition) is 5. The number of carbonyl (C=O) groups is 2. The Morgan fingerprint density at radius 1 is 1.39 bits per heavy atom. The molecular formula is C13H13F3N2O3S2. The topological polar surface area (TPSA) is 79.3 Å². The number of carbonyl (C=O) groups excluding carboxylic acids is 1. The minimum atomic E-state index is -5.08. The zero-order chi connectivity index (χ0) is 17.5. The number of amides is 1. The monoisotopic (exact) mass is 366 g/mol. The molecule has 1 amide bonds. The van der Waals surface area contributed by atoms with Gasteiger partial charge in [-0.25, -0.2) is 4.79 Å². The van der Waals surface area contributed by atoms with Gasteiger partial charge >= 0.3 is 12.1 Å². The zero-order valence-corrected chi connectivity index (χ0v) is 13.5. The summed E-state index contributed by atoms with van der Waals surface area (Å²) in [6, 6.07) is 3.93. The molecule has 2 N–H and O–H groups in total. The fourth-order valence-electron chi connectivity index (χ4n) is 1.32. The summed E-state index contributed by atoms with van der Waals surface area (Å²) in [4.78, 5) is 20.5. The molecule has 0 aliphatic heterocycles. The maximum absolute atomic E-state index is 11.6. The van der Waals surface area contributed by atoms with Crippen LogP contribution in [-0.2, 0) is 16.0 Å². The summed E-state index contributed by atoms with van der Waals surface area (Å²) in [5, 5.41) is 14.9. The van der Waals surface area contributed by atoms with Gasteiger partial charge in [-0.1, -0.05) is 0 Å². The lowest BCUT2D eigenvalue weighted by atomic mass is 10.2. The van der Waals surface area contributed by atoms with E-state index in [9.17, 15) is 18.0 Å². The van der Waals surface area contributed by atoms with Crippen molar-refractivity contribution in [3.05, 3.63) is 34.2 Å². The maximum atomic E-state index is 11.6. The highest BCUT2D eigenvalue weighted by atomic mass is 32.1. The first kappa shape index (κ1) is 19.1. The van der Waals surface area contributed by atoms with Gasteiger partial charge in [0.1, 0.15) is 5.00 Å². The molecule has 23 heavy (non-hydrogen) atoms. The van der Waals surface area contributed by atoms with Crippen molar-refractivity contribution in [3.8, 4) is 0 Å². The van der Waals surface area contributed by atoms with E-state index in [0.29, 0.717) is 6.42 Å². The summed E-state index contributed by atoms with van der Waals surface area (Å²) >= 11 is 2.98. The third-order valence-corrected chi connectivity index (χ3v) is 3.88. The molecule has 2 aromatic heterocycles. The van der Waals surface area contributed by atoms with E-state index in [4.69, 9.17) is 9.90 Å². The first-order valence-electron chi connectivity index (χ1n) is 6.23. The van der Waals surface area contributed by atoms with Gasteiger partial charge in [-0.15, -0.1) is 0 Å². The molecule has 0 aliphatic carbocycles. The van der Waals surface area contributed by atoms with Gasteiger partial charge in [0.15, 0.2) is 0 Å². The van der Waals surface area contributed by atoms with E-state index in [1.165, 1.54) is 17.1 Å². The summed E-state index contributed by atoms with van der Waals surface area (Å²) in [7, 11) is 0. The van der Waals surface area contributed by atoms with Gasteiger partial charge in [0.05, 0.1) is 5.69 Å². The fraction of sp³-hybridized carbons (Fsp3) is 0.308. The van der Waals surface area contributed by atoms with E-state index in [0.717, 1.165) is 17.1 Å². The number of nitrogens with zero attached hydrogens (tertiary/aromatic N) is 1.